The van der Waals surface area contributed by atoms with E-state index in [0.717, 1.165) is 28.0 Å². The number of cyclic esters (lactones) is 1. The number of benzene rings is 1. The molecule has 0 saturated heterocycles. The van der Waals surface area contributed by atoms with Crippen LogP contribution >= 0.6 is 12.4 Å². The Morgan fingerprint density at radius 1 is 1.30 bits per heavy atom. The molecule has 4 heterocycles. The van der Waals surface area contributed by atoms with Gasteiger partial charge in [0, 0.05) is 30.6 Å². The van der Waals surface area contributed by atoms with Gasteiger partial charge < -0.3 is 19.3 Å². The second-order valence-corrected chi connectivity index (χ2v) is 8.50. The lowest BCUT2D eigenvalue weighted by molar-refractivity contribution is -0.172. The molecule has 0 radical (unpaired) electrons. The van der Waals surface area contributed by atoms with Crippen molar-refractivity contribution >= 4 is 40.8 Å². The molecule has 0 spiro atoms. The quantitative estimate of drug-likeness (QED) is 0.276. The molecule has 0 bridgehead atoms. The number of pyridine rings is 2. The zero-order valence-corrected chi connectivity index (χ0v) is 19.7. The van der Waals surface area contributed by atoms with Gasteiger partial charge in [-0.15, -0.1) is 12.4 Å². The Labute approximate surface area is 196 Å². The monoisotopic (exact) mass is 468 g/mol. The summed E-state index contributed by atoms with van der Waals surface area (Å²) in [5.41, 5.74) is 2.31. The standard InChI is InChI=1S/C24H24N4O4.ClH/c1-5-24(31)17-10-20-21-14(11-28(20)22(29)16(17)12-32-23(24)30)9-15-18(25-13(2)27(3)4)7-6-8-19(15)26-21;/h6-10,31H,5,11-12H2,1-4H3;1H/t24-;/m0./s1. The number of aliphatic hydroxyl groups is 1. The van der Waals surface area contributed by atoms with Crippen molar-refractivity contribution < 1.29 is 14.6 Å². The van der Waals surface area contributed by atoms with Crippen LogP contribution in [-0.4, -0.2) is 45.5 Å². The number of ether oxygens (including phenoxy) is 1. The summed E-state index contributed by atoms with van der Waals surface area (Å²) in [7, 11) is 3.88. The molecular weight excluding hydrogens is 444 g/mol. The third kappa shape index (κ3) is 3.32. The van der Waals surface area contributed by atoms with Gasteiger partial charge in [-0.05, 0) is 37.6 Å². The molecule has 0 saturated carbocycles. The maximum Gasteiger partial charge on any atom is 0.343 e. The number of aromatic nitrogens is 2. The van der Waals surface area contributed by atoms with Crippen molar-refractivity contribution in [3.8, 4) is 11.4 Å². The van der Waals surface area contributed by atoms with Gasteiger partial charge in [-0.2, -0.15) is 0 Å². The molecule has 33 heavy (non-hydrogen) atoms. The van der Waals surface area contributed by atoms with E-state index >= 15 is 0 Å². The number of hydrogen-bond acceptors (Lipinski definition) is 6. The summed E-state index contributed by atoms with van der Waals surface area (Å²) in [4.78, 5) is 37.1. The maximum absolute atomic E-state index is 13.3. The van der Waals surface area contributed by atoms with Gasteiger partial charge in [0.1, 0.15) is 12.4 Å². The van der Waals surface area contributed by atoms with Crippen molar-refractivity contribution in [3.63, 3.8) is 0 Å². The van der Waals surface area contributed by atoms with Crippen molar-refractivity contribution in [1.29, 1.82) is 0 Å². The number of carbonyl (C=O) groups is 1. The minimum atomic E-state index is -1.83. The summed E-state index contributed by atoms with van der Waals surface area (Å²) >= 11 is 0. The van der Waals surface area contributed by atoms with Crippen molar-refractivity contribution in [2.24, 2.45) is 4.99 Å². The number of nitrogens with zero attached hydrogens (tertiary/aromatic N) is 4. The second-order valence-electron chi connectivity index (χ2n) is 8.50. The summed E-state index contributed by atoms with van der Waals surface area (Å²) in [6, 6.07) is 9.52. The largest absolute Gasteiger partial charge is 0.458 e. The highest BCUT2D eigenvalue weighted by Crippen LogP contribution is 2.39. The van der Waals surface area contributed by atoms with Gasteiger partial charge in [0.05, 0.1) is 34.7 Å². The minimum absolute atomic E-state index is 0. The first-order chi connectivity index (χ1) is 15.2. The van der Waals surface area contributed by atoms with Gasteiger partial charge in [-0.1, -0.05) is 13.0 Å². The molecule has 2 aliphatic rings. The third-order valence-corrected chi connectivity index (χ3v) is 6.46. The molecule has 1 N–H and O–H groups in total. The van der Waals surface area contributed by atoms with Crippen molar-refractivity contribution in [2.75, 3.05) is 14.1 Å². The summed E-state index contributed by atoms with van der Waals surface area (Å²) in [5, 5.41) is 11.9. The first-order valence-electron chi connectivity index (χ1n) is 10.6. The van der Waals surface area contributed by atoms with Crippen molar-refractivity contribution in [1.82, 2.24) is 14.5 Å². The van der Waals surface area contributed by atoms with Gasteiger partial charge in [-0.3, -0.25) is 4.79 Å². The van der Waals surface area contributed by atoms with Crippen LogP contribution in [0.4, 0.5) is 5.69 Å². The lowest BCUT2D eigenvalue weighted by Crippen LogP contribution is -2.44. The molecule has 8 nitrogen and oxygen atoms in total. The fourth-order valence-corrected chi connectivity index (χ4v) is 4.36. The second kappa shape index (κ2) is 7.97. The van der Waals surface area contributed by atoms with Crippen LogP contribution in [0.15, 0.2) is 40.1 Å². The van der Waals surface area contributed by atoms with Gasteiger partial charge in [0.15, 0.2) is 5.60 Å². The molecule has 0 aliphatic carbocycles. The van der Waals surface area contributed by atoms with Crippen LogP contribution in [0.25, 0.3) is 22.3 Å². The Balaban J connectivity index is 0.00000259. The van der Waals surface area contributed by atoms with E-state index in [4.69, 9.17) is 14.7 Å². The first kappa shape index (κ1) is 22.9. The Morgan fingerprint density at radius 2 is 2.06 bits per heavy atom. The van der Waals surface area contributed by atoms with E-state index < -0.39 is 11.6 Å². The van der Waals surface area contributed by atoms with E-state index in [0.29, 0.717) is 29.1 Å². The van der Waals surface area contributed by atoms with Crippen LogP contribution in [-0.2, 0) is 28.3 Å². The Bertz CT molecular complexity index is 1400. The zero-order valence-electron chi connectivity index (χ0n) is 18.9. The molecule has 1 aromatic carbocycles. The number of halogens is 1. The van der Waals surface area contributed by atoms with Gasteiger partial charge in [0.2, 0.25) is 0 Å². The summed E-state index contributed by atoms with van der Waals surface area (Å²) in [6.45, 7) is 3.86. The smallest absolute Gasteiger partial charge is 0.343 e. The fraction of sp³-hybridized carbons (Fsp3) is 0.333. The molecule has 172 valence electrons. The predicted molar refractivity (Wildman–Crippen MR) is 128 cm³/mol. The van der Waals surface area contributed by atoms with Crippen LogP contribution in [0.1, 0.15) is 37.0 Å². The van der Waals surface area contributed by atoms with Gasteiger partial charge >= 0.3 is 5.97 Å². The van der Waals surface area contributed by atoms with Gasteiger partial charge in [-0.25, -0.2) is 14.8 Å². The summed E-state index contributed by atoms with van der Waals surface area (Å²) in [5.74, 6) is 0.147. The molecule has 3 aromatic rings. The topological polar surface area (TPSA) is 97.0 Å². The highest BCUT2D eigenvalue weighted by atomic mass is 35.5. The molecule has 0 unspecified atom stereocenters. The van der Waals surface area contributed by atoms with E-state index in [2.05, 4.69) is 0 Å². The number of aliphatic imine (C=N–C) groups is 1. The molecule has 0 fully saturated rings. The minimum Gasteiger partial charge on any atom is -0.458 e. The van der Waals surface area contributed by atoms with Gasteiger partial charge in [0.25, 0.3) is 5.56 Å². The number of rotatable bonds is 2. The van der Waals surface area contributed by atoms with Crippen molar-refractivity contribution in [3.05, 3.63) is 57.4 Å². The molecular formula is C24H25ClN4O4. The molecule has 2 aliphatic heterocycles. The molecule has 1 atom stereocenters. The molecule has 0 amide bonds. The average Bonchev–Trinajstić information content (AvgIpc) is 3.13. The van der Waals surface area contributed by atoms with Crippen LogP contribution < -0.4 is 5.56 Å². The van der Waals surface area contributed by atoms with E-state index in [1.807, 2.05) is 50.2 Å². The Kier molecular flexibility index (Phi) is 5.54. The number of hydrogen-bond donors (Lipinski definition) is 1. The van der Waals surface area contributed by atoms with E-state index in [9.17, 15) is 14.7 Å². The number of amidine groups is 1. The van der Waals surface area contributed by atoms with Crippen LogP contribution in [0.2, 0.25) is 0 Å². The highest BCUT2D eigenvalue weighted by molar-refractivity contribution is 5.96. The third-order valence-electron chi connectivity index (χ3n) is 6.46. The van der Waals surface area contributed by atoms with Crippen LogP contribution in [0.5, 0.6) is 0 Å². The van der Waals surface area contributed by atoms with Crippen LogP contribution in [0, 0.1) is 0 Å². The summed E-state index contributed by atoms with van der Waals surface area (Å²) < 4.78 is 6.76. The Morgan fingerprint density at radius 3 is 2.76 bits per heavy atom. The number of fused-ring (bicyclic) bond motifs is 5. The predicted octanol–water partition coefficient (Wildman–Crippen LogP) is 3.11. The lowest BCUT2D eigenvalue weighted by Gasteiger charge is -2.31. The summed E-state index contributed by atoms with van der Waals surface area (Å²) in [6.07, 6.45) is 0.117. The van der Waals surface area contributed by atoms with Crippen LogP contribution in [0.3, 0.4) is 0 Å². The lowest BCUT2D eigenvalue weighted by atomic mass is 9.86. The number of esters is 1. The average molecular weight is 469 g/mol. The molecule has 2 aromatic heterocycles. The van der Waals surface area contributed by atoms with E-state index in [1.54, 1.807) is 17.6 Å². The van der Waals surface area contributed by atoms with Crippen molar-refractivity contribution in [2.45, 2.75) is 39.0 Å². The fourth-order valence-electron chi connectivity index (χ4n) is 4.36. The molecule has 9 heteroatoms. The van der Waals surface area contributed by atoms with E-state index in [-0.39, 0.29) is 31.0 Å². The normalized spacial score (nSPS) is 18.8. The maximum atomic E-state index is 13.3. The zero-order chi connectivity index (χ0) is 22.8. The Hall–Kier alpha value is -3.23. The SMILES string of the molecule is CC[C@@]1(O)C(=O)OCc2c1cc1n(c2=O)Cc2cc3c(N=C(C)N(C)C)cccc3nc2-1.Cl. The number of carbonyl (C=O) groups excluding carboxylic acids is 1. The van der Waals surface area contributed by atoms with E-state index in [1.165, 1.54) is 0 Å². The highest BCUT2D eigenvalue weighted by Gasteiger charge is 2.45. The molecule has 5 rings (SSSR count). The first-order valence-corrected chi connectivity index (χ1v) is 10.6.